The highest BCUT2D eigenvalue weighted by molar-refractivity contribution is 6.30. The predicted molar refractivity (Wildman–Crippen MR) is 90.5 cm³/mol. The maximum atomic E-state index is 10.0. The molecule has 1 fully saturated rings. The normalized spacial score (nSPS) is 20.7. The number of aryl methyl sites for hydroxylation is 2. The summed E-state index contributed by atoms with van der Waals surface area (Å²) in [6, 6.07) is 5.66. The fourth-order valence-electron chi connectivity index (χ4n) is 2.89. The van der Waals surface area contributed by atoms with Gasteiger partial charge in [0.1, 0.15) is 5.82 Å². The largest absolute Gasteiger partial charge is 0.396 e. The van der Waals surface area contributed by atoms with E-state index in [4.69, 9.17) is 21.4 Å². The molecule has 1 saturated heterocycles. The van der Waals surface area contributed by atoms with E-state index in [1.165, 1.54) is 0 Å². The van der Waals surface area contributed by atoms with Crippen LogP contribution in [0.1, 0.15) is 23.6 Å². The highest BCUT2D eigenvalue weighted by Crippen LogP contribution is 2.24. The van der Waals surface area contributed by atoms with Gasteiger partial charge in [-0.3, -0.25) is 0 Å². The Balaban J connectivity index is 1.95. The molecule has 0 unspecified atom stereocenters. The van der Waals surface area contributed by atoms with Crippen LogP contribution in [-0.4, -0.2) is 50.9 Å². The van der Waals surface area contributed by atoms with E-state index in [9.17, 15) is 5.11 Å². The minimum Gasteiger partial charge on any atom is -0.396 e. The molecule has 0 spiro atoms. The molecule has 0 amide bonds. The highest BCUT2D eigenvalue weighted by Gasteiger charge is 2.28. The molecule has 130 valence electrons. The van der Waals surface area contributed by atoms with Crippen molar-refractivity contribution >= 4 is 11.6 Å². The molecule has 2 heterocycles. The number of halogens is 1. The zero-order valence-electron chi connectivity index (χ0n) is 13.7. The third-order valence-electron chi connectivity index (χ3n) is 4.29. The molecule has 24 heavy (non-hydrogen) atoms. The van der Waals surface area contributed by atoms with Crippen LogP contribution < -0.4 is 0 Å². The van der Waals surface area contributed by atoms with Crippen LogP contribution in [-0.2, 0) is 17.6 Å². The zero-order chi connectivity index (χ0) is 17.1. The summed E-state index contributed by atoms with van der Waals surface area (Å²) < 4.78 is 7.14. The second-order valence-corrected chi connectivity index (χ2v) is 6.62. The molecular weight excluding hydrogens is 330 g/mol. The minimum absolute atomic E-state index is 0.0122. The van der Waals surface area contributed by atoms with Gasteiger partial charge in [-0.15, -0.1) is 0 Å². The second kappa shape index (κ2) is 7.61. The number of ether oxygens (including phenoxy) is 1. The lowest BCUT2D eigenvalue weighted by Crippen LogP contribution is -2.22. The van der Waals surface area contributed by atoms with E-state index < -0.39 is 6.10 Å². The number of nitrogens with zero attached hydrogens (tertiary/aromatic N) is 3. The number of rotatable bonds is 6. The summed E-state index contributed by atoms with van der Waals surface area (Å²) in [6.07, 6.45) is 1.34. The van der Waals surface area contributed by atoms with Crippen LogP contribution >= 0.6 is 11.6 Å². The summed E-state index contributed by atoms with van der Waals surface area (Å²) >= 11 is 6.15. The van der Waals surface area contributed by atoms with Gasteiger partial charge >= 0.3 is 0 Å². The Morgan fingerprint density at radius 1 is 1.38 bits per heavy atom. The molecule has 0 radical (unpaired) electrons. The summed E-state index contributed by atoms with van der Waals surface area (Å²) in [5, 5.41) is 24.3. The van der Waals surface area contributed by atoms with Gasteiger partial charge < -0.3 is 14.9 Å². The quantitative estimate of drug-likeness (QED) is 0.828. The van der Waals surface area contributed by atoms with Crippen LogP contribution in [0, 0.1) is 12.8 Å². The number of hydrogen-bond donors (Lipinski definition) is 2. The lowest BCUT2D eigenvalue weighted by molar-refractivity contribution is 0.118. The molecular formula is C17H22ClN3O3. The van der Waals surface area contributed by atoms with Crippen LogP contribution in [0.4, 0.5) is 0 Å². The Morgan fingerprint density at radius 3 is 2.92 bits per heavy atom. The molecule has 2 aromatic rings. The van der Waals surface area contributed by atoms with Crippen molar-refractivity contribution in [1.29, 1.82) is 0 Å². The first-order valence-corrected chi connectivity index (χ1v) is 8.54. The van der Waals surface area contributed by atoms with E-state index >= 15 is 0 Å². The summed E-state index contributed by atoms with van der Waals surface area (Å²) in [5.41, 5.74) is 1.93. The van der Waals surface area contributed by atoms with E-state index in [0.717, 1.165) is 17.1 Å². The smallest absolute Gasteiger partial charge is 0.151 e. The number of aliphatic hydroxyl groups is 2. The summed E-state index contributed by atoms with van der Waals surface area (Å²) in [4.78, 5) is 4.62. The van der Waals surface area contributed by atoms with Crippen molar-refractivity contribution in [2.45, 2.75) is 32.3 Å². The van der Waals surface area contributed by atoms with E-state index in [1.807, 2.05) is 25.1 Å². The van der Waals surface area contributed by atoms with Crippen molar-refractivity contribution in [3.63, 3.8) is 0 Å². The van der Waals surface area contributed by atoms with E-state index in [1.54, 1.807) is 4.68 Å². The van der Waals surface area contributed by atoms with E-state index in [-0.39, 0.29) is 12.5 Å². The van der Waals surface area contributed by atoms with Gasteiger partial charge in [0.25, 0.3) is 0 Å². The van der Waals surface area contributed by atoms with Gasteiger partial charge in [-0.2, -0.15) is 5.10 Å². The topological polar surface area (TPSA) is 80.4 Å². The van der Waals surface area contributed by atoms with Gasteiger partial charge in [0, 0.05) is 30.4 Å². The Bertz CT molecular complexity index is 704. The van der Waals surface area contributed by atoms with E-state index in [2.05, 4.69) is 10.1 Å². The van der Waals surface area contributed by atoms with Crippen molar-refractivity contribution in [2.75, 3.05) is 19.8 Å². The molecule has 0 aliphatic carbocycles. The third kappa shape index (κ3) is 3.78. The minimum atomic E-state index is -0.475. The molecule has 1 aromatic carbocycles. The number of aliphatic hydroxyl groups excluding tert-OH is 2. The molecule has 0 bridgehead atoms. The van der Waals surface area contributed by atoms with Crippen LogP contribution in [0.15, 0.2) is 18.2 Å². The summed E-state index contributed by atoms with van der Waals surface area (Å²) in [6.45, 7) is 2.99. The van der Waals surface area contributed by atoms with Crippen molar-refractivity contribution in [2.24, 2.45) is 5.92 Å². The lowest BCUT2D eigenvalue weighted by Gasteiger charge is -2.14. The molecule has 1 aromatic heterocycles. The van der Waals surface area contributed by atoms with Crippen LogP contribution in [0.2, 0.25) is 5.02 Å². The second-order valence-electron chi connectivity index (χ2n) is 6.18. The van der Waals surface area contributed by atoms with Crippen molar-refractivity contribution in [3.05, 3.63) is 40.4 Å². The van der Waals surface area contributed by atoms with Gasteiger partial charge in [-0.1, -0.05) is 17.7 Å². The zero-order valence-corrected chi connectivity index (χ0v) is 14.4. The predicted octanol–water partition coefficient (Wildman–Crippen LogP) is 1.70. The van der Waals surface area contributed by atoms with Crippen LogP contribution in [0.3, 0.4) is 0 Å². The van der Waals surface area contributed by atoms with Crippen molar-refractivity contribution in [1.82, 2.24) is 14.8 Å². The molecule has 1 aliphatic heterocycles. The van der Waals surface area contributed by atoms with Gasteiger partial charge in [0.2, 0.25) is 0 Å². The first kappa shape index (κ1) is 17.4. The maximum Gasteiger partial charge on any atom is 0.151 e. The maximum absolute atomic E-state index is 10.0. The average Bonchev–Trinajstić information content (AvgIpc) is 3.15. The Morgan fingerprint density at radius 2 is 2.21 bits per heavy atom. The monoisotopic (exact) mass is 351 g/mol. The Labute approximate surface area is 146 Å². The van der Waals surface area contributed by atoms with Crippen LogP contribution in [0.5, 0.6) is 0 Å². The number of benzene rings is 1. The van der Waals surface area contributed by atoms with Crippen molar-refractivity contribution < 1.29 is 14.9 Å². The molecule has 3 rings (SSSR count). The van der Waals surface area contributed by atoms with Gasteiger partial charge in [-0.05, 0) is 31.0 Å². The number of aromatic nitrogens is 3. The average molecular weight is 352 g/mol. The fourth-order valence-corrected chi connectivity index (χ4v) is 3.05. The third-order valence-corrected chi connectivity index (χ3v) is 4.52. The van der Waals surface area contributed by atoms with Crippen LogP contribution in [0.25, 0.3) is 5.69 Å². The molecule has 2 atom stereocenters. The summed E-state index contributed by atoms with van der Waals surface area (Å²) in [7, 11) is 0. The summed E-state index contributed by atoms with van der Waals surface area (Å²) in [5.74, 6) is 1.48. The first-order valence-electron chi connectivity index (χ1n) is 8.16. The number of hydrogen-bond acceptors (Lipinski definition) is 5. The molecule has 2 N–H and O–H groups in total. The fraction of sp³-hybridized carbons (Fsp3) is 0.529. The molecule has 6 nitrogen and oxygen atoms in total. The molecule has 1 aliphatic rings. The first-order chi connectivity index (χ1) is 11.6. The van der Waals surface area contributed by atoms with Gasteiger partial charge in [-0.25, -0.2) is 9.67 Å². The molecule has 7 heteroatoms. The highest BCUT2D eigenvalue weighted by atomic mass is 35.5. The standard InChI is InChI=1S/C17H22ClN3O3/c1-11-4-5-13(18)8-14(11)21-17(7-12-9-24-10-15(12)23)19-16(20-21)3-2-6-22/h4-5,8,12,15,22-23H,2-3,6-7,9-10H2,1H3/t12-,15-/m1/s1. The molecule has 0 saturated carbocycles. The Hall–Kier alpha value is -1.47. The van der Waals surface area contributed by atoms with Gasteiger partial charge in [0.15, 0.2) is 5.82 Å². The van der Waals surface area contributed by atoms with Gasteiger partial charge in [0.05, 0.1) is 25.0 Å². The SMILES string of the molecule is Cc1ccc(Cl)cc1-n1nc(CCCO)nc1C[C@@H]1COC[C@H]1O. The van der Waals surface area contributed by atoms with Crippen molar-refractivity contribution in [3.8, 4) is 5.69 Å². The Kier molecular flexibility index (Phi) is 5.50. The van der Waals surface area contributed by atoms with E-state index in [0.29, 0.717) is 43.3 Å². The lowest BCUT2D eigenvalue weighted by atomic mass is 10.0.